The molecule has 0 unspecified atom stereocenters. The Morgan fingerprint density at radius 3 is 2.37 bits per heavy atom. The van der Waals surface area contributed by atoms with Gasteiger partial charge in [0.25, 0.3) is 5.91 Å². The molecule has 2 N–H and O–H groups in total. The van der Waals surface area contributed by atoms with Gasteiger partial charge in [-0.2, -0.15) is 4.80 Å². The van der Waals surface area contributed by atoms with Crippen molar-refractivity contribution in [2.75, 3.05) is 24.4 Å². The van der Waals surface area contributed by atoms with E-state index in [0.717, 1.165) is 4.47 Å². The van der Waals surface area contributed by atoms with Crippen molar-refractivity contribution in [2.45, 2.75) is 6.54 Å². The van der Waals surface area contributed by atoms with E-state index in [4.69, 9.17) is 9.47 Å². The normalized spacial score (nSPS) is 10.5. The van der Waals surface area contributed by atoms with E-state index in [1.807, 2.05) is 18.2 Å². The molecule has 0 aliphatic rings. The number of nitrogens with one attached hydrogen (secondary N) is 2. The van der Waals surface area contributed by atoms with Crippen LogP contribution >= 0.6 is 15.9 Å². The minimum atomic E-state index is -0.344. The molecule has 4 aromatic rings. The molecule has 0 spiro atoms. The molecule has 178 valence electrons. The van der Waals surface area contributed by atoms with Crippen LogP contribution in [0.15, 0.2) is 77.3 Å². The van der Waals surface area contributed by atoms with Crippen molar-refractivity contribution < 1.29 is 19.1 Å². The Bertz CT molecular complexity index is 1330. The third-order valence-corrected chi connectivity index (χ3v) is 5.27. The third kappa shape index (κ3) is 6.42. The first-order valence-electron chi connectivity index (χ1n) is 10.5. The van der Waals surface area contributed by atoms with Gasteiger partial charge >= 0.3 is 0 Å². The van der Waals surface area contributed by atoms with Gasteiger partial charge in [0.15, 0.2) is 6.61 Å². The van der Waals surface area contributed by atoms with Crippen molar-refractivity contribution in [3.63, 3.8) is 0 Å². The molecule has 3 aromatic carbocycles. The monoisotopic (exact) mass is 536 g/mol. The van der Waals surface area contributed by atoms with Gasteiger partial charge in [0, 0.05) is 10.0 Å². The number of ether oxygens (including phenoxy) is 2. The minimum absolute atomic E-state index is 0.152. The first-order valence-corrected chi connectivity index (χ1v) is 11.3. The number of nitrogens with zero attached hydrogens (tertiary/aromatic N) is 4. The molecule has 11 heteroatoms. The second-order valence-corrected chi connectivity index (χ2v) is 8.14. The number of tetrazole rings is 1. The summed E-state index contributed by atoms with van der Waals surface area (Å²) < 4.78 is 11.7. The number of carbonyl (C=O) groups excluding carboxylic acids is 2. The SMILES string of the molecule is COc1ccccc1NC(=O)Cn1nnc(-c2ccccc2NC(=O)COc2ccc(Br)cc2)n1. The van der Waals surface area contributed by atoms with Crippen LogP contribution in [0.2, 0.25) is 0 Å². The molecule has 0 saturated carbocycles. The fraction of sp³-hybridized carbons (Fsp3) is 0.125. The fourth-order valence-electron chi connectivity index (χ4n) is 3.14. The van der Waals surface area contributed by atoms with Crippen LogP contribution < -0.4 is 20.1 Å². The lowest BCUT2D eigenvalue weighted by atomic mass is 10.1. The summed E-state index contributed by atoms with van der Waals surface area (Å²) in [6.45, 7) is -0.320. The van der Waals surface area contributed by atoms with Crippen molar-refractivity contribution in [1.82, 2.24) is 20.2 Å². The minimum Gasteiger partial charge on any atom is -0.495 e. The van der Waals surface area contributed by atoms with E-state index in [2.05, 4.69) is 42.0 Å². The molecule has 0 aliphatic carbocycles. The highest BCUT2D eigenvalue weighted by molar-refractivity contribution is 9.10. The average molecular weight is 537 g/mol. The summed E-state index contributed by atoms with van der Waals surface area (Å²) in [5.74, 6) is 0.698. The summed E-state index contributed by atoms with van der Waals surface area (Å²) in [7, 11) is 1.53. The number of anilines is 2. The largest absolute Gasteiger partial charge is 0.495 e. The lowest BCUT2D eigenvalue weighted by Gasteiger charge is -2.10. The Kier molecular flexibility index (Phi) is 7.68. The lowest BCUT2D eigenvalue weighted by Crippen LogP contribution is -2.21. The molecule has 1 aromatic heterocycles. The van der Waals surface area contributed by atoms with Gasteiger partial charge in [-0.25, -0.2) is 0 Å². The highest BCUT2D eigenvalue weighted by atomic mass is 79.9. The quantitative estimate of drug-likeness (QED) is 0.334. The Labute approximate surface area is 209 Å². The summed E-state index contributed by atoms with van der Waals surface area (Å²) in [5.41, 5.74) is 1.59. The second kappa shape index (κ2) is 11.3. The maximum absolute atomic E-state index is 12.4. The molecule has 0 bridgehead atoms. The third-order valence-electron chi connectivity index (χ3n) is 4.74. The molecule has 2 amide bonds. The van der Waals surface area contributed by atoms with Gasteiger partial charge < -0.3 is 20.1 Å². The van der Waals surface area contributed by atoms with Crippen LogP contribution in [0.4, 0.5) is 11.4 Å². The van der Waals surface area contributed by atoms with Crippen LogP contribution in [0.5, 0.6) is 11.5 Å². The van der Waals surface area contributed by atoms with E-state index in [1.54, 1.807) is 54.6 Å². The van der Waals surface area contributed by atoms with Gasteiger partial charge in [0.1, 0.15) is 18.0 Å². The van der Waals surface area contributed by atoms with Crippen LogP contribution in [0.25, 0.3) is 11.4 Å². The number of aromatic nitrogens is 4. The zero-order valence-corrected chi connectivity index (χ0v) is 20.2. The Morgan fingerprint density at radius 1 is 0.914 bits per heavy atom. The molecule has 0 saturated heterocycles. The van der Waals surface area contributed by atoms with Crippen molar-refractivity contribution in [3.8, 4) is 22.9 Å². The van der Waals surface area contributed by atoms with Crippen LogP contribution in [0.3, 0.4) is 0 Å². The molecule has 1 heterocycles. The summed E-state index contributed by atoms with van der Waals surface area (Å²) in [6, 6.07) is 21.3. The standard InChI is InChI=1S/C24H21BrN6O4/c1-34-21-9-5-4-8-20(21)27-22(32)14-31-29-24(28-30-31)18-6-2-3-7-19(18)26-23(33)15-35-17-12-10-16(25)11-13-17/h2-13H,14-15H2,1H3,(H,26,33)(H,27,32). The molecule has 0 radical (unpaired) electrons. The molecule has 10 nitrogen and oxygen atoms in total. The number of hydrogen-bond acceptors (Lipinski definition) is 7. The maximum atomic E-state index is 12.4. The highest BCUT2D eigenvalue weighted by Gasteiger charge is 2.15. The number of hydrogen-bond donors (Lipinski definition) is 2. The van der Waals surface area contributed by atoms with Crippen LogP contribution in [-0.2, 0) is 16.1 Å². The van der Waals surface area contributed by atoms with E-state index >= 15 is 0 Å². The zero-order chi connectivity index (χ0) is 24.6. The number of rotatable bonds is 9. The molecule has 35 heavy (non-hydrogen) atoms. The van der Waals surface area contributed by atoms with Crippen molar-refractivity contribution in [2.24, 2.45) is 0 Å². The molecular formula is C24H21BrN6O4. The number of halogens is 1. The highest BCUT2D eigenvalue weighted by Crippen LogP contribution is 2.25. The molecule has 0 fully saturated rings. The summed E-state index contributed by atoms with van der Waals surface area (Å²) in [5, 5.41) is 17.9. The van der Waals surface area contributed by atoms with Crippen molar-refractivity contribution in [3.05, 3.63) is 77.3 Å². The molecule has 0 atom stereocenters. The molecule has 4 rings (SSSR count). The van der Waals surface area contributed by atoms with Crippen LogP contribution in [0.1, 0.15) is 0 Å². The van der Waals surface area contributed by atoms with Crippen molar-refractivity contribution >= 4 is 39.1 Å². The van der Waals surface area contributed by atoms with E-state index < -0.39 is 0 Å². The topological polar surface area (TPSA) is 120 Å². The van der Waals surface area contributed by atoms with E-state index in [9.17, 15) is 9.59 Å². The van der Waals surface area contributed by atoms with E-state index in [-0.39, 0.29) is 30.8 Å². The zero-order valence-electron chi connectivity index (χ0n) is 18.6. The predicted octanol–water partition coefficient (Wildman–Crippen LogP) is 3.77. The number of methoxy groups -OCH3 is 1. The van der Waals surface area contributed by atoms with Crippen LogP contribution in [-0.4, -0.2) is 45.7 Å². The summed E-state index contributed by atoms with van der Waals surface area (Å²) in [4.78, 5) is 26.1. The van der Waals surface area contributed by atoms with Gasteiger partial charge in [-0.1, -0.05) is 40.2 Å². The van der Waals surface area contributed by atoms with Gasteiger partial charge in [0.2, 0.25) is 11.7 Å². The molecule has 0 aliphatic heterocycles. The van der Waals surface area contributed by atoms with Gasteiger partial charge in [-0.3, -0.25) is 9.59 Å². The van der Waals surface area contributed by atoms with E-state index in [1.165, 1.54) is 11.9 Å². The number of benzene rings is 3. The first-order chi connectivity index (χ1) is 17.0. The van der Waals surface area contributed by atoms with Gasteiger partial charge in [0.05, 0.1) is 18.5 Å². The summed E-state index contributed by atoms with van der Waals surface area (Å²) >= 11 is 3.35. The van der Waals surface area contributed by atoms with Crippen LogP contribution in [0, 0.1) is 0 Å². The Hall–Kier alpha value is -4.25. The van der Waals surface area contributed by atoms with Gasteiger partial charge in [-0.15, -0.1) is 10.2 Å². The van der Waals surface area contributed by atoms with E-state index in [0.29, 0.717) is 28.4 Å². The number of amides is 2. The average Bonchev–Trinajstić information content (AvgIpc) is 3.32. The lowest BCUT2D eigenvalue weighted by molar-refractivity contribution is -0.118. The molecular weight excluding hydrogens is 516 g/mol. The second-order valence-electron chi connectivity index (χ2n) is 7.23. The van der Waals surface area contributed by atoms with Crippen molar-refractivity contribution in [1.29, 1.82) is 0 Å². The number of para-hydroxylation sites is 3. The first kappa shape index (κ1) is 23.9. The Balaban J connectivity index is 1.39. The van der Waals surface area contributed by atoms with Gasteiger partial charge in [-0.05, 0) is 53.7 Å². The predicted molar refractivity (Wildman–Crippen MR) is 133 cm³/mol. The number of carbonyl (C=O) groups is 2. The maximum Gasteiger partial charge on any atom is 0.262 e. The Morgan fingerprint density at radius 2 is 1.60 bits per heavy atom. The smallest absolute Gasteiger partial charge is 0.262 e. The fourth-order valence-corrected chi connectivity index (χ4v) is 3.40. The summed E-state index contributed by atoms with van der Waals surface area (Å²) in [6.07, 6.45) is 0.